The summed E-state index contributed by atoms with van der Waals surface area (Å²) in [5, 5.41) is 14.8. The Morgan fingerprint density at radius 3 is 2.42 bits per heavy atom. The van der Waals surface area contributed by atoms with Crippen molar-refractivity contribution in [3.8, 4) is 0 Å². The van der Waals surface area contributed by atoms with Crippen molar-refractivity contribution < 1.29 is 9.59 Å². The molecule has 1 aliphatic rings. The van der Waals surface area contributed by atoms with Gasteiger partial charge in [0, 0.05) is 30.3 Å². The van der Waals surface area contributed by atoms with E-state index >= 15 is 0 Å². The molecule has 0 radical (unpaired) electrons. The lowest BCUT2D eigenvalue weighted by Gasteiger charge is -2.30. The zero-order valence-electron chi connectivity index (χ0n) is 16.7. The molecule has 4 rings (SSSR count). The molecule has 2 amide bonds. The first-order chi connectivity index (χ1) is 15.0. The van der Waals surface area contributed by atoms with Crippen molar-refractivity contribution in [3.63, 3.8) is 0 Å². The van der Waals surface area contributed by atoms with Gasteiger partial charge in [-0.15, -0.1) is 0 Å². The van der Waals surface area contributed by atoms with Gasteiger partial charge in [0.2, 0.25) is 5.91 Å². The van der Waals surface area contributed by atoms with E-state index in [1.54, 1.807) is 47.4 Å². The molecule has 0 unspecified atom stereocenters. The lowest BCUT2D eigenvalue weighted by atomic mass is 9.96. The van der Waals surface area contributed by atoms with Gasteiger partial charge in [-0.3, -0.25) is 15.0 Å². The summed E-state index contributed by atoms with van der Waals surface area (Å²) >= 11 is 0. The van der Waals surface area contributed by atoms with Crippen LogP contribution >= 0.6 is 0 Å². The Morgan fingerprint density at radius 1 is 1.10 bits per heavy atom. The SMILES string of the molecule is N=Nn1c(=N)c(Nc2ccc(C(=O)N3CCC(C(N)=O)CC3)cc2)nc2ccccc21. The third-order valence-corrected chi connectivity index (χ3v) is 5.46. The van der Waals surface area contributed by atoms with Crippen LogP contribution in [0.4, 0.5) is 11.5 Å². The summed E-state index contributed by atoms with van der Waals surface area (Å²) in [6.45, 7) is 1.01. The minimum Gasteiger partial charge on any atom is -0.369 e. The van der Waals surface area contributed by atoms with Crippen molar-refractivity contribution in [2.24, 2.45) is 16.9 Å². The molecule has 31 heavy (non-hydrogen) atoms. The molecule has 0 aliphatic carbocycles. The molecule has 1 aromatic heterocycles. The number of nitrogens with one attached hydrogen (secondary N) is 3. The zero-order valence-corrected chi connectivity index (χ0v) is 16.7. The molecule has 10 nitrogen and oxygen atoms in total. The quantitative estimate of drug-likeness (QED) is 0.470. The first kappa shape index (κ1) is 20.2. The average Bonchev–Trinajstić information content (AvgIpc) is 2.80. The van der Waals surface area contributed by atoms with E-state index in [9.17, 15) is 9.59 Å². The molecule has 158 valence electrons. The van der Waals surface area contributed by atoms with Crippen LogP contribution in [0.2, 0.25) is 0 Å². The maximum absolute atomic E-state index is 12.7. The Labute approximate surface area is 177 Å². The van der Waals surface area contributed by atoms with Crippen molar-refractivity contribution in [3.05, 3.63) is 59.6 Å². The number of benzene rings is 2. The topological polar surface area (TPSA) is 153 Å². The Bertz CT molecular complexity index is 1210. The Morgan fingerprint density at radius 2 is 1.77 bits per heavy atom. The Balaban J connectivity index is 1.51. The highest BCUT2D eigenvalue weighted by Crippen LogP contribution is 2.21. The molecule has 5 N–H and O–H groups in total. The van der Waals surface area contributed by atoms with E-state index in [2.05, 4.69) is 15.5 Å². The van der Waals surface area contributed by atoms with E-state index in [0.717, 1.165) is 0 Å². The maximum atomic E-state index is 12.7. The lowest BCUT2D eigenvalue weighted by Crippen LogP contribution is -2.41. The molecule has 0 bridgehead atoms. The molecule has 2 aromatic carbocycles. The number of hydrogen-bond acceptors (Lipinski definition) is 7. The van der Waals surface area contributed by atoms with Gasteiger partial charge in [-0.25, -0.2) is 4.98 Å². The van der Waals surface area contributed by atoms with Gasteiger partial charge >= 0.3 is 0 Å². The normalized spacial score (nSPS) is 14.4. The monoisotopic (exact) mass is 418 g/mol. The first-order valence-electron chi connectivity index (χ1n) is 9.87. The highest BCUT2D eigenvalue weighted by Gasteiger charge is 2.26. The molecule has 1 saturated heterocycles. The van der Waals surface area contributed by atoms with E-state index in [0.29, 0.717) is 48.2 Å². The third-order valence-electron chi connectivity index (χ3n) is 5.46. The second-order valence-electron chi connectivity index (χ2n) is 7.38. The third kappa shape index (κ3) is 4.00. The number of carbonyl (C=O) groups excluding carboxylic acids is 2. The number of hydrogen-bond donors (Lipinski definition) is 4. The lowest BCUT2D eigenvalue weighted by molar-refractivity contribution is -0.123. The van der Waals surface area contributed by atoms with E-state index in [1.165, 1.54) is 4.68 Å². The summed E-state index contributed by atoms with van der Waals surface area (Å²) in [5.74, 6) is -0.312. The molecule has 10 heteroatoms. The number of fused-ring (bicyclic) bond motifs is 1. The highest BCUT2D eigenvalue weighted by atomic mass is 16.2. The highest BCUT2D eigenvalue weighted by molar-refractivity contribution is 5.94. The standard InChI is InChI=1S/C21H22N8O2/c22-18-20(26-16-3-1-2-4-17(16)29(18)27-24)25-15-7-5-14(6-8-15)21(31)28-11-9-13(10-12-28)19(23)30/h1-8,13,22,24H,9-12H2,(H2,23,30)(H,25,26). The van der Waals surface area contributed by atoms with Crippen molar-refractivity contribution in [1.29, 1.82) is 10.9 Å². The molecule has 2 heterocycles. The Hall–Kier alpha value is -4.08. The molecular formula is C21H22N8O2. The number of primary amides is 1. The summed E-state index contributed by atoms with van der Waals surface area (Å²) in [6.07, 6.45) is 1.17. The summed E-state index contributed by atoms with van der Waals surface area (Å²) in [6, 6.07) is 14.0. The van der Waals surface area contributed by atoms with Gasteiger partial charge in [0.05, 0.1) is 11.0 Å². The summed E-state index contributed by atoms with van der Waals surface area (Å²) in [4.78, 5) is 30.2. The van der Waals surface area contributed by atoms with Gasteiger partial charge in [0.15, 0.2) is 11.3 Å². The van der Waals surface area contributed by atoms with Crippen molar-refractivity contribution in [2.45, 2.75) is 12.8 Å². The van der Waals surface area contributed by atoms with Crippen LogP contribution in [0.25, 0.3) is 11.0 Å². The zero-order chi connectivity index (χ0) is 22.0. The number of amides is 2. The maximum Gasteiger partial charge on any atom is 0.253 e. The predicted molar refractivity (Wildman–Crippen MR) is 114 cm³/mol. The molecule has 1 fully saturated rings. The van der Waals surface area contributed by atoms with Crippen molar-refractivity contribution >= 4 is 34.4 Å². The fraction of sp³-hybridized carbons (Fsp3) is 0.238. The van der Waals surface area contributed by atoms with E-state index in [-0.39, 0.29) is 29.0 Å². The van der Waals surface area contributed by atoms with Gasteiger partial charge in [0.1, 0.15) is 0 Å². The first-order valence-corrected chi connectivity index (χ1v) is 9.87. The molecule has 0 saturated carbocycles. The van der Waals surface area contributed by atoms with Crippen LogP contribution in [0.5, 0.6) is 0 Å². The average molecular weight is 418 g/mol. The predicted octanol–water partition coefficient (Wildman–Crippen LogP) is 2.39. The number of likely N-dealkylation sites (tertiary alicyclic amines) is 1. The number of nitrogens with two attached hydrogens (primary N) is 1. The van der Waals surface area contributed by atoms with Crippen LogP contribution in [0.3, 0.4) is 0 Å². The van der Waals surface area contributed by atoms with Crippen LogP contribution in [-0.2, 0) is 4.79 Å². The van der Waals surface area contributed by atoms with Gasteiger partial charge in [0.25, 0.3) is 5.91 Å². The van der Waals surface area contributed by atoms with Gasteiger partial charge in [-0.2, -0.15) is 10.2 Å². The smallest absolute Gasteiger partial charge is 0.253 e. The van der Waals surface area contributed by atoms with E-state index in [4.69, 9.17) is 16.7 Å². The fourth-order valence-electron chi connectivity index (χ4n) is 3.71. The number of para-hydroxylation sites is 2. The second-order valence-corrected chi connectivity index (χ2v) is 7.38. The van der Waals surface area contributed by atoms with Crippen LogP contribution in [0, 0.1) is 16.9 Å². The van der Waals surface area contributed by atoms with Crippen LogP contribution in [0.15, 0.2) is 53.8 Å². The van der Waals surface area contributed by atoms with Crippen LogP contribution in [0.1, 0.15) is 23.2 Å². The van der Waals surface area contributed by atoms with Crippen molar-refractivity contribution in [2.75, 3.05) is 18.4 Å². The second kappa shape index (κ2) is 8.34. The minimum absolute atomic E-state index is 0.0498. The summed E-state index contributed by atoms with van der Waals surface area (Å²) < 4.78 is 1.19. The number of aromatic nitrogens is 2. The van der Waals surface area contributed by atoms with E-state index in [1.807, 2.05) is 6.07 Å². The molecular weight excluding hydrogens is 396 g/mol. The van der Waals surface area contributed by atoms with Crippen LogP contribution < -0.4 is 16.5 Å². The largest absolute Gasteiger partial charge is 0.369 e. The van der Waals surface area contributed by atoms with Gasteiger partial charge in [-0.05, 0) is 49.2 Å². The number of anilines is 2. The van der Waals surface area contributed by atoms with E-state index < -0.39 is 0 Å². The molecule has 0 spiro atoms. The van der Waals surface area contributed by atoms with Crippen LogP contribution in [-0.4, -0.2) is 39.5 Å². The molecule has 0 atom stereocenters. The number of rotatable bonds is 5. The molecule has 1 aliphatic heterocycles. The number of piperidine rings is 1. The number of carbonyl (C=O) groups is 2. The summed E-state index contributed by atoms with van der Waals surface area (Å²) in [7, 11) is 0. The van der Waals surface area contributed by atoms with Gasteiger partial charge in [-0.1, -0.05) is 17.4 Å². The van der Waals surface area contributed by atoms with Crippen molar-refractivity contribution in [1.82, 2.24) is 14.6 Å². The fourth-order valence-corrected chi connectivity index (χ4v) is 3.71. The minimum atomic E-state index is -0.307. The van der Waals surface area contributed by atoms with Gasteiger partial charge < -0.3 is 16.0 Å². The Kier molecular flexibility index (Phi) is 5.44. The summed E-state index contributed by atoms with van der Waals surface area (Å²) in [5.41, 5.74) is 15.1. The number of nitrogens with zero attached hydrogens (tertiary/aromatic N) is 4. The molecule has 3 aromatic rings.